The molecule has 3 rings (SSSR count). The summed E-state index contributed by atoms with van der Waals surface area (Å²) in [5, 5.41) is 22.6. The number of hydrogen-bond donors (Lipinski definition) is 3. The Hall–Kier alpha value is -1.83. The molecular weight excluding hydrogens is 285 g/mol. The van der Waals surface area contributed by atoms with Crippen LogP contribution in [0.4, 0.5) is 0 Å². The topological polar surface area (TPSA) is 91.9 Å². The van der Waals surface area contributed by atoms with E-state index in [-0.39, 0.29) is 12.3 Å². The number of carbonyl (C=O) groups excluding carboxylic acids is 1. The first-order valence-electron chi connectivity index (χ1n) is 7.38. The zero-order valence-electron chi connectivity index (χ0n) is 12.1. The third-order valence-electron chi connectivity index (χ3n) is 3.91. The van der Waals surface area contributed by atoms with Crippen molar-refractivity contribution in [1.29, 1.82) is 0 Å². The van der Waals surface area contributed by atoms with E-state index in [0.717, 1.165) is 23.0 Å². The molecule has 1 aromatic heterocycles. The van der Waals surface area contributed by atoms with Gasteiger partial charge in [-0.25, -0.2) is 0 Å². The van der Waals surface area contributed by atoms with Crippen molar-refractivity contribution in [3.8, 4) is 0 Å². The number of ether oxygens (including phenoxy) is 1. The van der Waals surface area contributed by atoms with Crippen molar-refractivity contribution in [3.63, 3.8) is 0 Å². The molecule has 7 heteroatoms. The van der Waals surface area contributed by atoms with E-state index in [4.69, 9.17) is 9.15 Å². The highest BCUT2D eigenvalue weighted by Crippen LogP contribution is 2.22. The predicted octanol–water partition coefficient (Wildman–Crippen LogP) is 0.651. The van der Waals surface area contributed by atoms with E-state index in [1.807, 2.05) is 24.3 Å². The summed E-state index contributed by atoms with van der Waals surface area (Å²) in [5.74, 6) is -1.11. The van der Waals surface area contributed by atoms with Gasteiger partial charge in [-0.2, -0.15) is 0 Å². The van der Waals surface area contributed by atoms with Crippen molar-refractivity contribution in [2.24, 2.45) is 0 Å². The van der Waals surface area contributed by atoms with E-state index in [9.17, 15) is 14.8 Å². The average Bonchev–Trinajstić information content (AvgIpc) is 3.16. The molecule has 2 heterocycles. The first-order chi connectivity index (χ1) is 10.6. The Morgan fingerprint density at radius 1 is 1.41 bits per heavy atom. The van der Waals surface area contributed by atoms with Crippen molar-refractivity contribution >= 4 is 24.0 Å². The minimum atomic E-state index is -1.65. The Bertz CT molecular complexity index is 650. The minimum Gasteiger partial charge on any atom is -0.464 e. The smallest absolute Gasteiger partial charge is 0.464 e. The monoisotopic (exact) mass is 303 g/mol. The fourth-order valence-corrected chi connectivity index (χ4v) is 2.72. The maximum Gasteiger partial charge on any atom is 0.475 e. The molecule has 1 amide bonds. The fourth-order valence-electron chi connectivity index (χ4n) is 2.72. The first-order valence-corrected chi connectivity index (χ1v) is 7.38. The highest BCUT2D eigenvalue weighted by atomic mass is 16.5. The molecule has 116 valence electrons. The number of amides is 1. The molecule has 1 aliphatic heterocycles. The second kappa shape index (κ2) is 6.52. The van der Waals surface area contributed by atoms with Gasteiger partial charge in [0.2, 0.25) is 5.91 Å². The molecule has 1 fully saturated rings. The summed E-state index contributed by atoms with van der Waals surface area (Å²) < 4.78 is 10.7. The molecule has 22 heavy (non-hydrogen) atoms. The largest absolute Gasteiger partial charge is 0.475 e. The van der Waals surface area contributed by atoms with Crippen LogP contribution in [-0.4, -0.2) is 41.7 Å². The van der Waals surface area contributed by atoms with Crippen LogP contribution in [0.25, 0.3) is 11.0 Å². The molecule has 0 spiro atoms. The van der Waals surface area contributed by atoms with Crippen molar-refractivity contribution < 1.29 is 24.0 Å². The van der Waals surface area contributed by atoms with Gasteiger partial charge in [0.05, 0.1) is 12.2 Å². The Kier molecular flexibility index (Phi) is 4.47. The van der Waals surface area contributed by atoms with E-state index in [1.165, 1.54) is 0 Å². The van der Waals surface area contributed by atoms with Gasteiger partial charge in [0.25, 0.3) is 0 Å². The molecule has 6 nitrogen and oxygen atoms in total. The van der Waals surface area contributed by atoms with Crippen molar-refractivity contribution in [1.82, 2.24) is 5.32 Å². The number of hydrogen-bond acceptors (Lipinski definition) is 5. The molecule has 2 atom stereocenters. The molecule has 2 aromatic rings. The van der Waals surface area contributed by atoms with Crippen LogP contribution in [0, 0.1) is 0 Å². The highest BCUT2D eigenvalue weighted by Gasteiger charge is 2.31. The number of fused-ring (bicyclic) bond motifs is 1. The molecule has 0 aliphatic carbocycles. The van der Waals surface area contributed by atoms with E-state index in [1.54, 1.807) is 6.26 Å². The number of furan rings is 1. The van der Waals surface area contributed by atoms with Gasteiger partial charge in [-0.15, -0.1) is 0 Å². The summed E-state index contributed by atoms with van der Waals surface area (Å²) in [5.41, 5.74) is 1.55. The SMILES string of the molecule is O=C(NC(Cc1coc2ccccc12)B(O)O)[C@@H]1CCCO1. The third kappa shape index (κ3) is 3.16. The van der Waals surface area contributed by atoms with Crippen LogP contribution in [0.2, 0.25) is 0 Å². The van der Waals surface area contributed by atoms with Crippen LogP contribution < -0.4 is 5.32 Å². The van der Waals surface area contributed by atoms with Crippen molar-refractivity contribution in [2.45, 2.75) is 31.3 Å². The molecular formula is C15H18BNO5. The van der Waals surface area contributed by atoms with E-state index >= 15 is 0 Å². The van der Waals surface area contributed by atoms with Gasteiger partial charge in [-0.1, -0.05) is 18.2 Å². The second-order valence-electron chi connectivity index (χ2n) is 5.49. The Morgan fingerprint density at radius 3 is 2.95 bits per heavy atom. The number of carbonyl (C=O) groups is 1. The van der Waals surface area contributed by atoms with Crippen LogP contribution in [0.15, 0.2) is 34.9 Å². The van der Waals surface area contributed by atoms with Gasteiger partial charge in [0.1, 0.15) is 11.7 Å². The zero-order chi connectivity index (χ0) is 15.5. The van der Waals surface area contributed by atoms with Gasteiger partial charge in [-0.05, 0) is 30.9 Å². The van der Waals surface area contributed by atoms with Crippen LogP contribution in [0.3, 0.4) is 0 Å². The minimum absolute atomic E-state index is 0.271. The maximum atomic E-state index is 12.1. The van der Waals surface area contributed by atoms with E-state index in [0.29, 0.717) is 13.0 Å². The lowest BCUT2D eigenvalue weighted by molar-refractivity contribution is -0.130. The van der Waals surface area contributed by atoms with Crippen LogP contribution in [0.5, 0.6) is 0 Å². The number of rotatable bonds is 5. The number of nitrogens with one attached hydrogen (secondary N) is 1. The molecule has 0 bridgehead atoms. The molecule has 3 N–H and O–H groups in total. The predicted molar refractivity (Wildman–Crippen MR) is 81.0 cm³/mol. The molecule has 1 unspecified atom stereocenters. The standard InChI is InChI=1S/C15H18BNO5/c18-15(13-6-3-7-21-13)17-14(16(19)20)8-10-9-22-12-5-2-1-4-11(10)12/h1-2,4-5,9,13-14,19-20H,3,6-8H2,(H,17,18)/t13-,14?/m0/s1. The summed E-state index contributed by atoms with van der Waals surface area (Å²) in [7, 11) is -1.65. The molecule has 1 aromatic carbocycles. The summed E-state index contributed by atoms with van der Waals surface area (Å²) in [6, 6.07) is 7.49. The Morgan fingerprint density at radius 2 is 2.23 bits per heavy atom. The second-order valence-corrected chi connectivity index (χ2v) is 5.49. The van der Waals surface area contributed by atoms with Crippen LogP contribution >= 0.6 is 0 Å². The first kappa shape index (κ1) is 15.1. The van der Waals surface area contributed by atoms with E-state index < -0.39 is 19.2 Å². The number of benzene rings is 1. The molecule has 0 saturated carbocycles. The zero-order valence-corrected chi connectivity index (χ0v) is 12.1. The average molecular weight is 303 g/mol. The third-order valence-corrected chi connectivity index (χ3v) is 3.91. The van der Waals surface area contributed by atoms with Crippen molar-refractivity contribution in [2.75, 3.05) is 6.61 Å². The Labute approximate surface area is 128 Å². The van der Waals surface area contributed by atoms with Gasteiger partial charge in [0, 0.05) is 12.0 Å². The fraction of sp³-hybridized carbons (Fsp3) is 0.400. The van der Waals surface area contributed by atoms with Gasteiger partial charge in [-0.3, -0.25) is 4.79 Å². The lowest BCUT2D eigenvalue weighted by atomic mass is 9.75. The molecule has 0 radical (unpaired) electrons. The quantitative estimate of drug-likeness (QED) is 0.705. The summed E-state index contributed by atoms with van der Waals surface area (Å²) in [4.78, 5) is 12.1. The van der Waals surface area contributed by atoms with Gasteiger partial charge < -0.3 is 24.5 Å². The lowest BCUT2D eigenvalue weighted by Crippen LogP contribution is -2.50. The van der Waals surface area contributed by atoms with Crippen LogP contribution in [0.1, 0.15) is 18.4 Å². The van der Waals surface area contributed by atoms with Gasteiger partial charge >= 0.3 is 7.12 Å². The summed E-state index contributed by atoms with van der Waals surface area (Å²) in [6.07, 6.45) is 2.86. The van der Waals surface area contributed by atoms with Gasteiger partial charge in [0.15, 0.2) is 0 Å². The maximum absolute atomic E-state index is 12.1. The number of para-hydroxylation sites is 1. The normalized spacial score (nSPS) is 19.3. The molecule has 1 saturated heterocycles. The summed E-state index contributed by atoms with van der Waals surface area (Å²) in [6.45, 7) is 0.566. The Balaban J connectivity index is 1.72. The van der Waals surface area contributed by atoms with E-state index in [2.05, 4.69) is 5.32 Å². The van der Waals surface area contributed by atoms with Crippen LogP contribution in [-0.2, 0) is 16.0 Å². The van der Waals surface area contributed by atoms with Crippen molar-refractivity contribution in [3.05, 3.63) is 36.1 Å². The highest BCUT2D eigenvalue weighted by molar-refractivity contribution is 6.43. The molecule has 1 aliphatic rings. The lowest BCUT2D eigenvalue weighted by Gasteiger charge is -2.19. The summed E-state index contributed by atoms with van der Waals surface area (Å²) >= 11 is 0.